The summed E-state index contributed by atoms with van der Waals surface area (Å²) in [5, 5.41) is 5.65. The molecule has 3 aliphatic rings. The Kier molecular flexibility index (Phi) is 4.37. The SMILES string of the molecule is C[C@H](NC(=O)[C@H]1[C@H](C(=O)Nc2ccc(Br)cc2)[C@@H]2C=C[C@H]1C21CC1)C(N)=O. The second kappa shape index (κ2) is 6.48. The predicted octanol–water partition coefficient (Wildman–Crippen LogP) is 2.21. The van der Waals surface area contributed by atoms with Crippen molar-refractivity contribution in [3.05, 3.63) is 40.9 Å². The van der Waals surface area contributed by atoms with E-state index in [0.29, 0.717) is 5.69 Å². The molecule has 2 saturated carbocycles. The number of benzene rings is 1. The van der Waals surface area contributed by atoms with Crippen LogP contribution in [0.15, 0.2) is 40.9 Å². The first-order chi connectivity index (χ1) is 12.8. The van der Waals surface area contributed by atoms with Crippen LogP contribution in [-0.4, -0.2) is 23.8 Å². The number of halogens is 1. The number of nitrogens with two attached hydrogens (primary N) is 1. The molecule has 142 valence electrons. The molecule has 1 spiro atoms. The largest absolute Gasteiger partial charge is 0.368 e. The first-order valence-electron chi connectivity index (χ1n) is 9.18. The summed E-state index contributed by atoms with van der Waals surface area (Å²) >= 11 is 3.38. The number of rotatable bonds is 5. The number of anilines is 1. The minimum Gasteiger partial charge on any atom is -0.368 e. The molecule has 0 saturated heterocycles. The highest BCUT2D eigenvalue weighted by Crippen LogP contribution is 2.72. The van der Waals surface area contributed by atoms with Crippen LogP contribution in [0.2, 0.25) is 0 Å². The Morgan fingerprint density at radius 2 is 1.63 bits per heavy atom. The average Bonchev–Trinajstić information content (AvgIpc) is 3.29. The second-order valence-electron chi connectivity index (χ2n) is 7.85. The van der Waals surface area contributed by atoms with Crippen LogP contribution in [-0.2, 0) is 14.4 Å². The number of amides is 3. The molecule has 1 aromatic carbocycles. The van der Waals surface area contributed by atoms with E-state index in [2.05, 4.69) is 38.7 Å². The highest BCUT2D eigenvalue weighted by atomic mass is 79.9. The lowest BCUT2D eigenvalue weighted by Crippen LogP contribution is -2.48. The van der Waals surface area contributed by atoms with Crippen LogP contribution in [0.3, 0.4) is 0 Å². The van der Waals surface area contributed by atoms with Gasteiger partial charge >= 0.3 is 0 Å². The summed E-state index contributed by atoms with van der Waals surface area (Å²) in [6.07, 6.45) is 6.25. The summed E-state index contributed by atoms with van der Waals surface area (Å²) in [5.41, 5.74) is 6.02. The van der Waals surface area contributed by atoms with Crippen LogP contribution < -0.4 is 16.4 Å². The highest BCUT2D eigenvalue weighted by Gasteiger charge is 2.69. The van der Waals surface area contributed by atoms with E-state index in [9.17, 15) is 14.4 Å². The molecular formula is C20H22BrN3O3. The maximum atomic E-state index is 13.1. The second-order valence-corrected chi connectivity index (χ2v) is 8.77. The van der Waals surface area contributed by atoms with Gasteiger partial charge in [-0.05, 0) is 61.3 Å². The van der Waals surface area contributed by atoms with Gasteiger partial charge in [-0.2, -0.15) is 0 Å². The molecular weight excluding hydrogens is 410 g/mol. The van der Waals surface area contributed by atoms with Crippen molar-refractivity contribution in [3.8, 4) is 0 Å². The highest BCUT2D eigenvalue weighted by molar-refractivity contribution is 9.10. The summed E-state index contributed by atoms with van der Waals surface area (Å²) in [7, 11) is 0. The summed E-state index contributed by atoms with van der Waals surface area (Å²) < 4.78 is 0.929. The van der Waals surface area contributed by atoms with Gasteiger partial charge in [0, 0.05) is 10.2 Å². The fourth-order valence-electron chi connectivity index (χ4n) is 4.85. The molecule has 0 heterocycles. The molecule has 27 heavy (non-hydrogen) atoms. The van der Waals surface area contributed by atoms with E-state index in [1.807, 2.05) is 24.3 Å². The van der Waals surface area contributed by atoms with E-state index in [1.54, 1.807) is 6.92 Å². The van der Waals surface area contributed by atoms with Gasteiger partial charge in [0.05, 0.1) is 11.8 Å². The van der Waals surface area contributed by atoms with Crippen LogP contribution in [0.25, 0.3) is 0 Å². The van der Waals surface area contributed by atoms with E-state index >= 15 is 0 Å². The number of hydrogen-bond acceptors (Lipinski definition) is 3. The normalized spacial score (nSPS) is 30.1. The van der Waals surface area contributed by atoms with Crippen LogP contribution in [0, 0.1) is 29.1 Å². The molecule has 3 aliphatic carbocycles. The zero-order valence-electron chi connectivity index (χ0n) is 14.9. The van der Waals surface area contributed by atoms with E-state index in [-0.39, 0.29) is 29.1 Å². The van der Waals surface area contributed by atoms with E-state index in [4.69, 9.17) is 5.73 Å². The zero-order valence-corrected chi connectivity index (χ0v) is 16.5. The third-order valence-electron chi connectivity index (χ3n) is 6.34. The molecule has 5 atom stereocenters. The van der Waals surface area contributed by atoms with Gasteiger partial charge in [0.1, 0.15) is 6.04 Å². The van der Waals surface area contributed by atoms with Crippen molar-refractivity contribution in [1.29, 1.82) is 0 Å². The van der Waals surface area contributed by atoms with Crippen LogP contribution in [0.5, 0.6) is 0 Å². The van der Waals surface area contributed by atoms with Gasteiger partial charge in [-0.25, -0.2) is 0 Å². The van der Waals surface area contributed by atoms with Gasteiger partial charge < -0.3 is 16.4 Å². The van der Waals surface area contributed by atoms with Crippen molar-refractivity contribution in [2.24, 2.45) is 34.8 Å². The molecule has 2 fully saturated rings. The monoisotopic (exact) mass is 431 g/mol. The van der Waals surface area contributed by atoms with Gasteiger partial charge in [-0.1, -0.05) is 28.1 Å². The number of carbonyl (C=O) groups is 3. The van der Waals surface area contributed by atoms with Crippen LogP contribution >= 0.6 is 15.9 Å². The van der Waals surface area contributed by atoms with Crippen molar-refractivity contribution in [3.63, 3.8) is 0 Å². The Balaban J connectivity index is 1.58. The van der Waals surface area contributed by atoms with Gasteiger partial charge in [-0.15, -0.1) is 0 Å². The Hall–Kier alpha value is -2.15. The molecule has 6 nitrogen and oxygen atoms in total. The Labute approximate surface area is 166 Å². The molecule has 0 aromatic heterocycles. The summed E-state index contributed by atoms with van der Waals surface area (Å²) in [4.78, 5) is 37.4. The summed E-state index contributed by atoms with van der Waals surface area (Å²) in [5.74, 6) is -1.79. The fourth-order valence-corrected chi connectivity index (χ4v) is 5.11. The molecule has 4 rings (SSSR count). The standard InChI is InChI=1S/C20H22BrN3O3/c1-10(17(22)25)23-18(26)15-13-6-7-14(20(13)8-9-20)16(15)19(27)24-12-4-2-11(21)3-5-12/h2-7,10,13-16H,8-9H2,1H3,(H2,22,25)(H,23,26)(H,24,27)/t10-,13+,14-,15+,16+/m0/s1. The van der Waals surface area contributed by atoms with Crippen molar-refractivity contribution in [2.75, 3.05) is 5.32 Å². The van der Waals surface area contributed by atoms with Crippen molar-refractivity contribution in [2.45, 2.75) is 25.8 Å². The quantitative estimate of drug-likeness (QED) is 0.622. The van der Waals surface area contributed by atoms with Crippen molar-refractivity contribution >= 4 is 39.3 Å². The first kappa shape index (κ1) is 18.2. The minimum absolute atomic E-state index is 0.0414. The molecule has 3 amide bonds. The number of carbonyl (C=O) groups excluding carboxylic acids is 3. The van der Waals surface area contributed by atoms with Crippen LogP contribution in [0.4, 0.5) is 5.69 Å². The number of primary amides is 1. The van der Waals surface area contributed by atoms with E-state index < -0.39 is 23.8 Å². The minimum atomic E-state index is -0.758. The molecule has 7 heteroatoms. The fraction of sp³-hybridized carbons (Fsp3) is 0.450. The zero-order chi connectivity index (χ0) is 19.3. The molecule has 0 aliphatic heterocycles. The lowest BCUT2D eigenvalue weighted by molar-refractivity contribution is -0.134. The number of nitrogens with one attached hydrogen (secondary N) is 2. The predicted molar refractivity (Wildman–Crippen MR) is 104 cm³/mol. The Morgan fingerprint density at radius 3 is 2.15 bits per heavy atom. The smallest absolute Gasteiger partial charge is 0.239 e. The van der Waals surface area contributed by atoms with E-state index in [1.165, 1.54) is 0 Å². The number of allylic oxidation sites excluding steroid dienone is 2. The third-order valence-corrected chi connectivity index (χ3v) is 6.87. The van der Waals surface area contributed by atoms with Crippen LogP contribution in [0.1, 0.15) is 19.8 Å². The van der Waals surface area contributed by atoms with Crippen molar-refractivity contribution < 1.29 is 14.4 Å². The molecule has 0 unspecified atom stereocenters. The molecule has 2 bridgehead atoms. The maximum Gasteiger partial charge on any atom is 0.239 e. The lowest BCUT2D eigenvalue weighted by atomic mass is 9.81. The average molecular weight is 432 g/mol. The maximum absolute atomic E-state index is 13.1. The lowest BCUT2D eigenvalue weighted by Gasteiger charge is -2.27. The van der Waals surface area contributed by atoms with E-state index in [0.717, 1.165) is 17.3 Å². The van der Waals surface area contributed by atoms with Crippen molar-refractivity contribution in [1.82, 2.24) is 5.32 Å². The molecule has 1 aromatic rings. The number of hydrogen-bond donors (Lipinski definition) is 3. The third kappa shape index (κ3) is 2.98. The summed E-state index contributed by atoms with van der Waals surface area (Å²) in [6, 6.07) is 6.60. The summed E-state index contributed by atoms with van der Waals surface area (Å²) in [6.45, 7) is 1.56. The first-order valence-corrected chi connectivity index (χ1v) is 9.97. The molecule has 0 radical (unpaired) electrons. The Morgan fingerprint density at radius 1 is 1.07 bits per heavy atom. The molecule has 4 N–H and O–H groups in total. The topological polar surface area (TPSA) is 101 Å². The van der Waals surface area contributed by atoms with Gasteiger partial charge in [0.15, 0.2) is 0 Å². The van der Waals surface area contributed by atoms with Gasteiger partial charge in [0.2, 0.25) is 17.7 Å². The van der Waals surface area contributed by atoms with Gasteiger partial charge in [0.25, 0.3) is 0 Å². The van der Waals surface area contributed by atoms with Gasteiger partial charge in [-0.3, -0.25) is 14.4 Å². The Bertz CT molecular complexity index is 831.